The van der Waals surface area contributed by atoms with Crippen LogP contribution >= 0.6 is 0 Å². The molecule has 0 aliphatic carbocycles. The van der Waals surface area contributed by atoms with Crippen LogP contribution in [0.3, 0.4) is 0 Å². The first-order chi connectivity index (χ1) is 9.19. The number of methoxy groups -OCH3 is 1. The molecule has 0 spiro atoms. The van der Waals surface area contributed by atoms with Gasteiger partial charge in [-0.1, -0.05) is 0 Å². The largest absolute Gasteiger partial charge is 0.468 e. The highest BCUT2D eigenvalue weighted by Crippen LogP contribution is 2.19. The van der Waals surface area contributed by atoms with Gasteiger partial charge in [0.1, 0.15) is 0 Å². The molecular formula is C13H26N2O4. The fourth-order valence-corrected chi connectivity index (χ4v) is 2.60. The molecule has 6 nitrogen and oxygen atoms in total. The molecule has 0 saturated carbocycles. The van der Waals surface area contributed by atoms with Crippen molar-refractivity contribution in [1.29, 1.82) is 0 Å². The molecule has 0 aromatic rings. The Labute approximate surface area is 114 Å². The van der Waals surface area contributed by atoms with Gasteiger partial charge in [0.2, 0.25) is 0 Å². The Morgan fingerprint density at radius 1 is 1.37 bits per heavy atom. The molecule has 1 heterocycles. The molecule has 1 aliphatic heterocycles. The van der Waals surface area contributed by atoms with Crippen LogP contribution < -0.4 is 5.32 Å². The van der Waals surface area contributed by atoms with Crippen LogP contribution in [0.2, 0.25) is 0 Å². The first-order valence-electron chi connectivity index (χ1n) is 6.93. The third kappa shape index (κ3) is 6.33. The third-order valence-corrected chi connectivity index (χ3v) is 3.50. The molecule has 1 rings (SSSR count). The summed E-state index contributed by atoms with van der Waals surface area (Å²) >= 11 is 0. The van der Waals surface area contributed by atoms with Gasteiger partial charge in [0.05, 0.1) is 13.7 Å². The number of esters is 1. The van der Waals surface area contributed by atoms with E-state index in [4.69, 9.17) is 14.9 Å². The van der Waals surface area contributed by atoms with E-state index >= 15 is 0 Å². The fraction of sp³-hybridized carbons (Fsp3) is 0.923. The predicted octanol–water partition coefficient (Wildman–Crippen LogP) is -0.796. The summed E-state index contributed by atoms with van der Waals surface area (Å²) in [5, 5.41) is 21.3. The Morgan fingerprint density at radius 2 is 2.16 bits per heavy atom. The Morgan fingerprint density at radius 3 is 2.79 bits per heavy atom. The van der Waals surface area contributed by atoms with Gasteiger partial charge in [-0.3, -0.25) is 9.69 Å². The van der Waals surface area contributed by atoms with Gasteiger partial charge >= 0.3 is 5.97 Å². The number of aliphatic hydroxyl groups is 2. The summed E-state index contributed by atoms with van der Waals surface area (Å²) in [5.74, 6) is 0.175. The maximum absolute atomic E-state index is 11.3. The van der Waals surface area contributed by atoms with Crippen molar-refractivity contribution in [1.82, 2.24) is 10.2 Å². The van der Waals surface area contributed by atoms with Crippen molar-refractivity contribution in [2.75, 3.05) is 46.5 Å². The normalized spacial score (nSPS) is 24.4. The molecular weight excluding hydrogens is 248 g/mol. The topological polar surface area (TPSA) is 82.0 Å². The van der Waals surface area contributed by atoms with Crippen LogP contribution in [0.4, 0.5) is 0 Å². The minimum atomic E-state index is -0.223. The maximum Gasteiger partial charge on any atom is 0.319 e. The lowest BCUT2D eigenvalue weighted by molar-refractivity contribution is -0.142. The van der Waals surface area contributed by atoms with E-state index in [2.05, 4.69) is 10.2 Å². The van der Waals surface area contributed by atoms with Crippen LogP contribution in [0.5, 0.6) is 0 Å². The van der Waals surface area contributed by atoms with Crippen molar-refractivity contribution >= 4 is 5.97 Å². The number of aliphatic hydroxyl groups excluding tert-OH is 2. The molecule has 0 aromatic carbocycles. The van der Waals surface area contributed by atoms with Gasteiger partial charge in [0.25, 0.3) is 0 Å². The molecule has 2 unspecified atom stereocenters. The lowest BCUT2D eigenvalue weighted by Crippen LogP contribution is -2.51. The van der Waals surface area contributed by atoms with Crippen molar-refractivity contribution < 1.29 is 19.7 Å². The van der Waals surface area contributed by atoms with Crippen LogP contribution in [0, 0.1) is 5.92 Å². The number of hydrogen-bond donors (Lipinski definition) is 3. The van der Waals surface area contributed by atoms with E-state index < -0.39 is 0 Å². The molecule has 0 radical (unpaired) electrons. The van der Waals surface area contributed by atoms with E-state index in [-0.39, 0.29) is 19.2 Å². The second-order valence-corrected chi connectivity index (χ2v) is 5.11. The van der Waals surface area contributed by atoms with E-state index in [0.717, 1.165) is 38.9 Å². The Kier molecular flexibility index (Phi) is 7.97. The first kappa shape index (κ1) is 16.4. The van der Waals surface area contributed by atoms with Gasteiger partial charge in [-0.25, -0.2) is 0 Å². The molecule has 1 saturated heterocycles. The van der Waals surface area contributed by atoms with Crippen molar-refractivity contribution in [3.8, 4) is 0 Å². The highest BCUT2D eigenvalue weighted by atomic mass is 16.5. The molecule has 2 atom stereocenters. The molecule has 3 N–H and O–H groups in total. The third-order valence-electron chi connectivity index (χ3n) is 3.50. The van der Waals surface area contributed by atoms with Gasteiger partial charge in [0.15, 0.2) is 0 Å². The highest BCUT2D eigenvalue weighted by Gasteiger charge is 2.27. The molecule has 1 fully saturated rings. The maximum atomic E-state index is 11.3. The molecule has 0 bridgehead atoms. The van der Waals surface area contributed by atoms with E-state index in [1.165, 1.54) is 7.11 Å². The summed E-state index contributed by atoms with van der Waals surface area (Å²) in [4.78, 5) is 13.4. The fourth-order valence-electron chi connectivity index (χ4n) is 2.60. The van der Waals surface area contributed by atoms with Gasteiger partial charge in [-0.05, 0) is 31.7 Å². The van der Waals surface area contributed by atoms with Gasteiger partial charge in [0, 0.05) is 32.3 Å². The van der Waals surface area contributed by atoms with Crippen LogP contribution in [-0.2, 0) is 9.53 Å². The zero-order valence-electron chi connectivity index (χ0n) is 11.7. The van der Waals surface area contributed by atoms with Crippen molar-refractivity contribution in [2.24, 2.45) is 5.92 Å². The van der Waals surface area contributed by atoms with Gasteiger partial charge < -0.3 is 20.3 Å². The van der Waals surface area contributed by atoms with Crippen LogP contribution in [0.25, 0.3) is 0 Å². The van der Waals surface area contributed by atoms with Crippen LogP contribution in [-0.4, -0.2) is 73.6 Å². The quantitative estimate of drug-likeness (QED) is 0.397. The minimum Gasteiger partial charge on any atom is -0.468 e. The summed E-state index contributed by atoms with van der Waals surface area (Å²) in [7, 11) is 1.40. The first-order valence-corrected chi connectivity index (χ1v) is 6.93. The zero-order valence-corrected chi connectivity index (χ0v) is 11.7. The molecule has 19 heavy (non-hydrogen) atoms. The van der Waals surface area contributed by atoms with Crippen molar-refractivity contribution in [2.45, 2.75) is 25.3 Å². The van der Waals surface area contributed by atoms with Crippen LogP contribution in [0.1, 0.15) is 19.3 Å². The van der Waals surface area contributed by atoms with Crippen LogP contribution in [0.15, 0.2) is 0 Å². The van der Waals surface area contributed by atoms with E-state index in [9.17, 15) is 4.79 Å². The summed E-state index contributed by atoms with van der Waals surface area (Å²) in [6.45, 7) is 3.08. The Bertz CT molecular complexity index is 263. The monoisotopic (exact) mass is 274 g/mol. The SMILES string of the molecule is COC(=O)CN1CC(CCO)CC(NCCCO)C1. The highest BCUT2D eigenvalue weighted by molar-refractivity contribution is 5.71. The standard InChI is InChI=1S/C13H26N2O4/c1-19-13(18)10-15-8-11(3-6-17)7-12(9-15)14-4-2-5-16/h11-12,14,16-17H,2-10H2,1H3. The number of ether oxygens (including phenoxy) is 1. The number of hydrogen-bond acceptors (Lipinski definition) is 6. The smallest absolute Gasteiger partial charge is 0.319 e. The molecule has 1 aliphatic rings. The summed E-state index contributed by atoms with van der Waals surface area (Å²) in [6.07, 6.45) is 2.50. The van der Waals surface area contributed by atoms with E-state index in [1.807, 2.05) is 0 Å². The zero-order chi connectivity index (χ0) is 14.1. The Hall–Kier alpha value is -0.690. The lowest BCUT2D eigenvalue weighted by atomic mass is 9.91. The number of likely N-dealkylation sites (tertiary alicyclic amines) is 1. The number of nitrogens with one attached hydrogen (secondary N) is 1. The lowest BCUT2D eigenvalue weighted by Gasteiger charge is -2.37. The molecule has 112 valence electrons. The second-order valence-electron chi connectivity index (χ2n) is 5.11. The summed E-state index contributed by atoms with van der Waals surface area (Å²) in [5.41, 5.74) is 0. The average molecular weight is 274 g/mol. The molecule has 0 aromatic heterocycles. The summed E-state index contributed by atoms with van der Waals surface area (Å²) < 4.78 is 4.70. The van der Waals surface area contributed by atoms with E-state index in [1.54, 1.807) is 0 Å². The predicted molar refractivity (Wildman–Crippen MR) is 71.8 cm³/mol. The average Bonchev–Trinajstić information content (AvgIpc) is 2.39. The van der Waals surface area contributed by atoms with Crippen molar-refractivity contribution in [3.05, 3.63) is 0 Å². The summed E-state index contributed by atoms with van der Waals surface area (Å²) in [6, 6.07) is 0.307. The number of piperidine rings is 1. The van der Waals surface area contributed by atoms with Gasteiger partial charge in [-0.2, -0.15) is 0 Å². The minimum absolute atomic E-state index is 0.181. The number of rotatable bonds is 8. The van der Waals surface area contributed by atoms with Crippen molar-refractivity contribution in [3.63, 3.8) is 0 Å². The van der Waals surface area contributed by atoms with E-state index in [0.29, 0.717) is 18.5 Å². The molecule has 6 heteroatoms. The van der Waals surface area contributed by atoms with Gasteiger partial charge in [-0.15, -0.1) is 0 Å². The number of nitrogens with zero attached hydrogens (tertiary/aromatic N) is 1. The number of carbonyl (C=O) groups is 1. The second kappa shape index (κ2) is 9.25. The Balaban J connectivity index is 2.44. The molecule has 0 amide bonds. The number of carbonyl (C=O) groups excluding carboxylic acids is 1.